The quantitative estimate of drug-likeness (QED) is 0.692. The van der Waals surface area contributed by atoms with Crippen LogP contribution in [0.15, 0.2) is 41.0 Å². The summed E-state index contributed by atoms with van der Waals surface area (Å²) in [5.74, 6) is 1.30. The molecule has 0 aliphatic carbocycles. The Labute approximate surface area is 163 Å². The van der Waals surface area contributed by atoms with Crippen LogP contribution in [0.4, 0.5) is 5.82 Å². The standard InChI is InChI=1S/C21H23N3O4/c1-12-8-13(2)10-17(9-12)27-15(4)21(25)22-20-19(23-28-24-20)16-6-7-18(26-5)14(3)11-16/h6-11,15H,1-5H3,(H,22,24,25). The van der Waals surface area contributed by atoms with Gasteiger partial charge in [0.1, 0.15) is 11.5 Å². The molecule has 1 unspecified atom stereocenters. The number of aryl methyl sites for hydroxylation is 3. The van der Waals surface area contributed by atoms with Crippen molar-refractivity contribution in [2.75, 3.05) is 12.4 Å². The number of benzene rings is 2. The molecule has 7 heteroatoms. The summed E-state index contributed by atoms with van der Waals surface area (Å²) in [7, 11) is 1.61. The van der Waals surface area contributed by atoms with E-state index in [0.29, 0.717) is 11.4 Å². The van der Waals surface area contributed by atoms with E-state index < -0.39 is 6.10 Å². The van der Waals surface area contributed by atoms with Gasteiger partial charge in [-0.25, -0.2) is 4.63 Å². The molecule has 0 aliphatic rings. The molecule has 0 spiro atoms. The van der Waals surface area contributed by atoms with Crippen molar-refractivity contribution < 1.29 is 18.9 Å². The first kappa shape index (κ1) is 19.4. The van der Waals surface area contributed by atoms with E-state index >= 15 is 0 Å². The summed E-state index contributed by atoms with van der Waals surface area (Å²) < 4.78 is 15.9. The van der Waals surface area contributed by atoms with Crippen molar-refractivity contribution in [2.24, 2.45) is 0 Å². The lowest BCUT2D eigenvalue weighted by molar-refractivity contribution is -0.122. The number of aromatic nitrogens is 2. The zero-order valence-electron chi connectivity index (χ0n) is 16.6. The highest BCUT2D eigenvalue weighted by Crippen LogP contribution is 2.29. The van der Waals surface area contributed by atoms with Crippen molar-refractivity contribution in [2.45, 2.75) is 33.8 Å². The summed E-state index contributed by atoms with van der Waals surface area (Å²) in [6, 6.07) is 11.4. The van der Waals surface area contributed by atoms with Gasteiger partial charge in [0.25, 0.3) is 5.91 Å². The van der Waals surface area contributed by atoms with Crippen molar-refractivity contribution in [3.05, 3.63) is 53.1 Å². The summed E-state index contributed by atoms with van der Waals surface area (Å²) >= 11 is 0. The van der Waals surface area contributed by atoms with Crippen LogP contribution in [-0.2, 0) is 4.79 Å². The Bertz CT molecular complexity index is 977. The van der Waals surface area contributed by atoms with Gasteiger partial charge in [0, 0.05) is 5.56 Å². The smallest absolute Gasteiger partial charge is 0.266 e. The van der Waals surface area contributed by atoms with Crippen LogP contribution < -0.4 is 14.8 Å². The van der Waals surface area contributed by atoms with Gasteiger partial charge in [-0.3, -0.25) is 4.79 Å². The maximum atomic E-state index is 12.6. The SMILES string of the molecule is COc1ccc(-c2nonc2NC(=O)C(C)Oc2cc(C)cc(C)c2)cc1C. The molecule has 28 heavy (non-hydrogen) atoms. The lowest BCUT2D eigenvalue weighted by Gasteiger charge is -2.15. The van der Waals surface area contributed by atoms with E-state index in [1.807, 2.05) is 57.2 Å². The summed E-state index contributed by atoms with van der Waals surface area (Å²) in [6.45, 7) is 7.56. The van der Waals surface area contributed by atoms with Gasteiger partial charge in [-0.1, -0.05) is 6.07 Å². The highest BCUT2D eigenvalue weighted by atomic mass is 16.6. The van der Waals surface area contributed by atoms with Crippen molar-refractivity contribution >= 4 is 11.7 Å². The van der Waals surface area contributed by atoms with E-state index in [1.165, 1.54) is 0 Å². The number of carbonyl (C=O) groups excluding carboxylic acids is 1. The Morgan fingerprint density at radius 3 is 2.43 bits per heavy atom. The van der Waals surface area contributed by atoms with Crippen LogP contribution in [0.5, 0.6) is 11.5 Å². The number of anilines is 1. The molecule has 1 amide bonds. The predicted molar refractivity (Wildman–Crippen MR) is 106 cm³/mol. The zero-order chi connectivity index (χ0) is 20.3. The minimum absolute atomic E-state index is 0.241. The largest absolute Gasteiger partial charge is 0.496 e. The molecule has 1 aromatic heterocycles. The fourth-order valence-corrected chi connectivity index (χ4v) is 2.96. The Balaban J connectivity index is 1.74. The maximum Gasteiger partial charge on any atom is 0.266 e. The lowest BCUT2D eigenvalue weighted by Crippen LogP contribution is -2.30. The third-order valence-electron chi connectivity index (χ3n) is 4.28. The van der Waals surface area contributed by atoms with E-state index in [4.69, 9.17) is 14.1 Å². The second kappa shape index (κ2) is 8.12. The molecule has 0 aliphatic heterocycles. The van der Waals surface area contributed by atoms with Crippen LogP contribution >= 0.6 is 0 Å². The molecule has 2 aromatic carbocycles. The molecule has 0 saturated carbocycles. The lowest BCUT2D eigenvalue weighted by atomic mass is 10.1. The van der Waals surface area contributed by atoms with E-state index in [9.17, 15) is 4.79 Å². The molecule has 0 bridgehead atoms. The van der Waals surface area contributed by atoms with Gasteiger partial charge in [0.05, 0.1) is 7.11 Å². The van der Waals surface area contributed by atoms with Gasteiger partial charge in [-0.15, -0.1) is 0 Å². The van der Waals surface area contributed by atoms with E-state index in [-0.39, 0.29) is 11.7 Å². The normalized spacial score (nSPS) is 11.8. The average molecular weight is 381 g/mol. The number of amides is 1. The fraction of sp³-hybridized carbons (Fsp3) is 0.286. The van der Waals surface area contributed by atoms with Crippen molar-refractivity contribution in [1.82, 2.24) is 10.3 Å². The van der Waals surface area contributed by atoms with Gasteiger partial charge >= 0.3 is 0 Å². The predicted octanol–water partition coefficient (Wildman–Crippen LogP) is 4.08. The van der Waals surface area contributed by atoms with Crippen LogP contribution in [0.25, 0.3) is 11.3 Å². The number of nitrogens with zero attached hydrogens (tertiary/aromatic N) is 2. The second-order valence-electron chi connectivity index (χ2n) is 6.72. The molecular weight excluding hydrogens is 358 g/mol. The first-order chi connectivity index (χ1) is 13.4. The summed E-state index contributed by atoms with van der Waals surface area (Å²) in [5.41, 5.74) is 4.28. The molecule has 3 rings (SSSR count). The summed E-state index contributed by atoms with van der Waals surface area (Å²) in [4.78, 5) is 12.6. The van der Waals surface area contributed by atoms with Crippen LogP contribution in [0.2, 0.25) is 0 Å². The Morgan fingerprint density at radius 1 is 1.07 bits per heavy atom. The molecular formula is C21H23N3O4. The Kier molecular flexibility index (Phi) is 5.63. The number of carbonyl (C=O) groups is 1. The highest BCUT2D eigenvalue weighted by molar-refractivity contribution is 5.96. The molecule has 0 radical (unpaired) electrons. The van der Waals surface area contributed by atoms with Crippen LogP contribution in [0.1, 0.15) is 23.6 Å². The number of hydrogen-bond acceptors (Lipinski definition) is 6. The molecule has 1 N–H and O–H groups in total. The summed E-state index contributed by atoms with van der Waals surface area (Å²) in [5, 5.41) is 10.5. The molecule has 146 valence electrons. The van der Waals surface area contributed by atoms with Gasteiger partial charge in [0.15, 0.2) is 11.8 Å². The molecule has 0 saturated heterocycles. The Morgan fingerprint density at radius 2 is 1.79 bits per heavy atom. The van der Waals surface area contributed by atoms with E-state index in [2.05, 4.69) is 15.6 Å². The van der Waals surface area contributed by atoms with Crippen LogP contribution in [-0.4, -0.2) is 29.4 Å². The third kappa shape index (κ3) is 4.31. The minimum atomic E-state index is -0.719. The van der Waals surface area contributed by atoms with Crippen molar-refractivity contribution in [3.8, 4) is 22.8 Å². The number of methoxy groups -OCH3 is 1. The topological polar surface area (TPSA) is 86.5 Å². The van der Waals surface area contributed by atoms with E-state index in [0.717, 1.165) is 28.0 Å². The highest BCUT2D eigenvalue weighted by Gasteiger charge is 2.21. The van der Waals surface area contributed by atoms with Gasteiger partial charge in [0.2, 0.25) is 5.82 Å². The zero-order valence-corrected chi connectivity index (χ0v) is 16.6. The van der Waals surface area contributed by atoms with Crippen LogP contribution in [0, 0.1) is 20.8 Å². The van der Waals surface area contributed by atoms with Crippen LogP contribution in [0.3, 0.4) is 0 Å². The van der Waals surface area contributed by atoms with Gasteiger partial charge < -0.3 is 14.8 Å². The molecule has 1 atom stereocenters. The number of rotatable bonds is 6. The average Bonchev–Trinajstić information content (AvgIpc) is 3.08. The molecule has 7 nitrogen and oxygen atoms in total. The fourth-order valence-electron chi connectivity index (χ4n) is 2.96. The maximum absolute atomic E-state index is 12.6. The third-order valence-corrected chi connectivity index (χ3v) is 4.28. The Hall–Kier alpha value is -3.35. The minimum Gasteiger partial charge on any atom is -0.496 e. The monoisotopic (exact) mass is 381 g/mol. The molecule has 0 fully saturated rings. The van der Waals surface area contributed by atoms with Crippen molar-refractivity contribution in [1.29, 1.82) is 0 Å². The number of nitrogens with one attached hydrogen (secondary N) is 1. The molecule has 1 heterocycles. The second-order valence-corrected chi connectivity index (χ2v) is 6.72. The number of ether oxygens (including phenoxy) is 2. The number of hydrogen-bond donors (Lipinski definition) is 1. The van der Waals surface area contributed by atoms with Crippen molar-refractivity contribution in [3.63, 3.8) is 0 Å². The van der Waals surface area contributed by atoms with Gasteiger partial charge in [-0.05, 0) is 85.0 Å². The van der Waals surface area contributed by atoms with E-state index in [1.54, 1.807) is 14.0 Å². The first-order valence-electron chi connectivity index (χ1n) is 8.90. The molecule has 3 aromatic rings. The first-order valence-corrected chi connectivity index (χ1v) is 8.90. The van der Waals surface area contributed by atoms with Gasteiger partial charge in [-0.2, -0.15) is 0 Å². The summed E-state index contributed by atoms with van der Waals surface area (Å²) in [6.07, 6.45) is -0.719.